The molecule has 0 saturated carbocycles. The molecule has 2 rings (SSSR count). The van der Waals surface area contributed by atoms with E-state index in [2.05, 4.69) is 48.6 Å². The SMILES string of the molecule is C1=CC(CC2C=CC=C2)C=C1.CC.CC. The minimum atomic E-state index is 0.674. The van der Waals surface area contributed by atoms with Gasteiger partial charge in [0, 0.05) is 0 Å². The molecule has 84 valence electrons. The molecule has 0 bridgehead atoms. The molecule has 0 aromatic rings. The Balaban J connectivity index is 0.000000442. The van der Waals surface area contributed by atoms with Crippen molar-refractivity contribution < 1.29 is 0 Å². The average Bonchev–Trinajstić information content (AvgIpc) is 2.98. The third-order valence-corrected chi connectivity index (χ3v) is 2.20. The molecule has 0 aromatic carbocycles. The van der Waals surface area contributed by atoms with Crippen LogP contribution < -0.4 is 0 Å². The maximum Gasteiger partial charge on any atom is -0.00387 e. The van der Waals surface area contributed by atoms with Crippen molar-refractivity contribution in [1.29, 1.82) is 0 Å². The van der Waals surface area contributed by atoms with Crippen molar-refractivity contribution in [1.82, 2.24) is 0 Å². The first-order chi connectivity index (χ1) is 7.45. The first-order valence-electron chi connectivity index (χ1n) is 6.15. The molecular weight excluding hydrogens is 180 g/mol. The summed E-state index contributed by atoms with van der Waals surface area (Å²) in [4.78, 5) is 0. The third-order valence-electron chi connectivity index (χ3n) is 2.20. The third kappa shape index (κ3) is 5.41. The molecule has 0 saturated heterocycles. The molecule has 0 heteroatoms. The lowest BCUT2D eigenvalue weighted by atomic mass is 9.97. The molecule has 0 aliphatic heterocycles. The highest BCUT2D eigenvalue weighted by atomic mass is 14.1. The lowest BCUT2D eigenvalue weighted by Gasteiger charge is -2.07. The zero-order valence-electron chi connectivity index (χ0n) is 10.5. The molecule has 0 amide bonds. The van der Waals surface area contributed by atoms with E-state index in [9.17, 15) is 0 Å². The summed E-state index contributed by atoms with van der Waals surface area (Å²) in [5.41, 5.74) is 0. The van der Waals surface area contributed by atoms with Gasteiger partial charge < -0.3 is 0 Å². The van der Waals surface area contributed by atoms with Crippen LogP contribution in [0.25, 0.3) is 0 Å². The summed E-state index contributed by atoms with van der Waals surface area (Å²) >= 11 is 0. The van der Waals surface area contributed by atoms with E-state index < -0.39 is 0 Å². The molecule has 0 atom stereocenters. The number of hydrogen-bond donors (Lipinski definition) is 0. The summed E-state index contributed by atoms with van der Waals surface area (Å²) in [6, 6.07) is 0. The van der Waals surface area contributed by atoms with Gasteiger partial charge in [0.05, 0.1) is 0 Å². The summed E-state index contributed by atoms with van der Waals surface area (Å²) in [7, 11) is 0. The topological polar surface area (TPSA) is 0 Å². The van der Waals surface area contributed by atoms with E-state index in [-0.39, 0.29) is 0 Å². The quantitative estimate of drug-likeness (QED) is 0.599. The molecule has 0 spiro atoms. The predicted molar refractivity (Wildman–Crippen MR) is 70.9 cm³/mol. The molecule has 0 aromatic heterocycles. The molecular formula is C15H24. The summed E-state index contributed by atoms with van der Waals surface area (Å²) in [6.07, 6.45) is 18.8. The van der Waals surface area contributed by atoms with Gasteiger partial charge in [-0.1, -0.05) is 76.3 Å². The van der Waals surface area contributed by atoms with Gasteiger partial charge in [0.2, 0.25) is 0 Å². The van der Waals surface area contributed by atoms with E-state index in [0.717, 1.165) is 0 Å². The first kappa shape index (κ1) is 14.0. The second-order valence-corrected chi connectivity index (χ2v) is 3.10. The Morgan fingerprint density at radius 1 is 0.600 bits per heavy atom. The maximum atomic E-state index is 2.26. The van der Waals surface area contributed by atoms with E-state index in [1.54, 1.807) is 0 Å². The Labute approximate surface area is 95.1 Å². The van der Waals surface area contributed by atoms with E-state index in [1.165, 1.54) is 6.42 Å². The molecule has 0 radical (unpaired) electrons. The van der Waals surface area contributed by atoms with Gasteiger partial charge in [-0.25, -0.2) is 0 Å². The van der Waals surface area contributed by atoms with Crippen LogP contribution in [-0.2, 0) is 0 Å². The normalized spacial score (nSPS) is 17.3. The van der Waals surface area contributed by atoms with Crippen molar-refractivity contribution in [3.63, 3.8) is 0 Å². The molecule has 0 heterocycles. The Kier molecular flexibility index (Phi) is 8.85. The van der Waals surface area contributed by atoms with Crippen LogP contribution in [0.5, 0.6) is 0 Å². The first-order valence-corrected chi connectivity index (χ1v) is 6.15. The monoisotopic (exact) mass is 204 g/mol. The molecule has 0 N–H and O–H groups in total. The second-order valence-electron chi connectivity index (χ2n) is 3.10. The highest BCUT2D eigenvalue weighted by molar-refractivity contribution is 5.22. The lowest BCUT2D eigenvalue weighted by Crippen LogP contribution is -1.97. The Hall–Kier alpha value is -1.04. The molecule has 2 aliphatic carbocycles. The largest absolute Gasteiger partial charge is 0.0776 e. The molecule has 0 fully saturated rings. The fourth-order valence-corrected chi connectivity index (χ4v) is 1.58. The van der Waals surface area contributed by atoms with Crippen molar-refractivity contribution in [2.45, 2.75) is 34.1 Å². The van der Waals surface area contributed by atoms with Gasteiger partial charge in [0.15, 0.2) is 0 Å². The standard InChI is InChI=1S/C11H12.2C2H6/c1-2-6-10(5-1)9-11-7-3-4-8-11;2*1-2/h1-8,10-11H,9H2;2*1-2H3. The van der Waals surface area contributed by atoms with Crippen LogP contribution in [0.15, 0.2) is 48.6 Å². The summed E-state index contributed by atoms with van der Waals surface area (Å²) in [5, 5.41) is 0. The van der Waals surface area contributed by atoms with Gasteiger partial charge in [0.25, 0.3) is 0 Å². The van der Waals surface area contributed by atoms with Gasteiger partial charge >= 0.3 is 0 Å². The minimum Gasteiger partial charge on any atom is -0.0776 e. The highest BCUT2D eigenvalue weighted by Crippen LogP contribution is 2.23. The maximum absolute atomic E-state index is 2.26. The fraction of sp³-hybridized carbons (Fsp3) is 0.467. The van der Waals surface area contributed by atoms with Gasteiger partial charge in [-0.05, 0) is 18.3 Å². The molecule has 0 unspecified atom stereocenters. The molecule has 0 nitrogen and oxygen atoms in total. The van der Waals surface area contributed by atoms with Crippen LogP contribution in [0, 0.1) is 11.8 Å². The number of allylic oxidation sites excluding steroid dienone is 8. The van der Waals surface area contributed by atoms with E-state index in [4.69, 9.17) is 0 Å². The van der Waals surface area contributed by atoms with Crippen LogP contribution >= 0.6 is 0 Å². The average molecular weight is 204 g/mol. The van der Waals surface area contributed by atoms with Crippen LogP contribution in [0.3, 0.4) is 0 Å². The van der Waals surface area contributed by atoms with Crippen LogP contribution in [0.1, 0.15) is 34.1 Å². The Morgan fingerprint density at radius 3 is 1.13 bits per heavy atom. The van der Waals surface area contributed by atoms with E-state index >= 15 is 0 Å². The fourth-order valence-electron chi connectivity index (χ4n) is 1.58. The van der Waals surface area contributed by atoms with Crippen molar-refractivity contribution in [2.75, 3.05) is 0 Å². The van der Waals surface area contributed by atoms with Crippen molar-refractivity contribution in [3.8, 4) is 0 Å². The van der Waals surface area contributed by atoms with Crippen LogP contribution in [0.4, 0.5) is 0 Å². The van der Waals surface area contributed by atoms with Crippen molar-refractivity contribution in [2.24, 2.45) is 11.8 Å². The number of hydrogen-bond acceptors (Lipinski definition) is 0. The van der Waals surface area contributed by atoms with Gasteiger partial charge in [-0.2, -0.15) is 0 Å². The zero-order chi connectivity index (χ0) is 11.5. The van der Waals surface area contributed by atoms with E-state index in [0.29, 0.717) is 11.8 Å². The second kappa shape index (κ2) is 9.51. The van der Waals surface area contributed by atoms with Crippen LogP contribution in [0.2, 0.25) is 0 Å². The van der Waals surface area contributed by atoms with Crippen LogP contribution in [-0.4, -0.2) is 0 Å². The Bertz CT molecular complexity index is 191. The lowest BCUT2D eigenvalue weighted by molar-refractivity contribution is 0.636. The molecule has 15 heavy (non-hydrogen) atoms. The summed E-state index contributed by atoms with van der Waals surface area (Å²) in [6.45, 7) is 8.00. The van der Waals surface area contributed by atoms with E-state index in [1.807, 2.05) is 27.7 Å². The van der Waals surface area contributed by atoms with Gasteiger partial charge in [-0.15, -0.1) is 0 Å². The smallest absolute Gasteiger partial charge is 0.00387 e. The zero-order valence-corrected chi connectivity index (χ0v) is 10.5. The number of rotatable bonds is 2. The predicted octanol–water partition coefficient (Wildman–Crippen LogP) is 4.91. The van der Waals surface area contributed by atoms with Crippen molar-refractivity contribution >= 4 is 0 Å². The highest BCUT2D eigenvalue weighted by Gasteiger charge is 2.10. The summed E-state index contributed by atoms with van der Waals surface area (Å²) in [5.74, 6) is 1.35. The Morgan fingerprint density at radius 2 is 0.867 bits per heavy atom. The molecule has 2 aliphatic rings. The minimum absolute atomic E-state index is 0.674. The van der Waals surface area contributed by atoms with Gasteiger partial charge in [-0.3, -0.25) is 0 Å². The van der Waals surface area contributed by atoms with Crippen molar-refractivity contribution in [3.05, 3.63) is 48.6 Å². The van der Waals surface area contributed by atoms with Gasteiger partial charge in [0.1, 0.15) is 0 Å². The summed E-state index contributed by atoms with van der Waals surface area (Å²) < 4.78 is 0.